The minimum atomic E-state index is -4.33. The Hall–Kier alpha value is -1.83. The van der Waals surface area contributed by atoms with Gasteiger partial charge in [-0.2, -0.15) is 13.2 Å². The van der Waals surface area contributed by atoms with E-state index in [4.69, 9.17) is 0 Å². The molecular weight excluding hydrogens is 321 g/mol. The number of anilines is 1. The number of halogens is 3. The highest BCUT2D eigenvalue weighted by molar-refractivity contribution is 5.76. The highest BCUT2D eigenvalue weighted by atomic mass is 19.4. The first-order chi connectivity index (χ1) is 11.4. The molecule has 0 aromatic carbocycles. The average Bonchev–Trinajstić information content (AvgIpc) is 2.55. The predicted molar refractivity (Wildman–Crippen MR) is 83.7 cm³/mol. The number of nitrogens with one attached hydrogen (secondary N) is 3. The monoisotopic (exact) mass is 346 g/mol. The third-order valence-electron chi connectivity index (χ3n) is 4.20. The molecule has 0 spiro atoms. The second-order valence-electron chi connectivity index (χ2n) is 6.08. The lowest BCUT2D eigenvalue weighted by molar-refractivity contribution is -0.892. The van der Waals surface area contributed by atoms with Gasteiger partial charge in [0.15, 0.2) is 6.54 Å². The van der Waals surface area contributed by atoms with Crippen molar-refractivity contribution in [2.75, 3.05) is 44.2 Å². The molecular formula is C16H25F3N4O+2. The fourth-order valence-corrected chi connectivity index (χ4v) is 2.72. The number of hydrogen-bond acceptors (Lipinski definition) is 2. The van der Waals surface area contributed by atoms with Crippen molar-refractivity contribution in [3.63, 3.8) is 0 Å². The van der Waals surface area contributed by atoms with E-state index >= 15 is 0 Å². The second kappa shape index (κ2) is 8.32. The molecule has 1 aromatic heterocycles. The zero-order chi connectivity index (χ0) is 17.6. The SMILES string of the molecule is CCCCNC(=O)C[NH+]1CCN(c2ccc(C(F)(F)F)c[nH+]2)CC1. The van der Waals surface area contributed by atoms with Gasteiger partial charge in [-0.05, 0) is 12.5 Å². The molecule has 2 heterocycles. The topological polar surface area (TPSA) is 50.9 Å². The fourth-order valence-electron chi connectivity index (χ4n) is 2.72. The summed E-state index contributed by atoms with van der Waals surface area (Å²) in [4.78, 5) is 17.7. The van der Waals surface area contributed by atoms with Crippen LogP contribution in [0.5, 0.6) is 0 Å². The predicted octanol–water partition coefficient (Wildman–Crippen LogP) is 0.141. The van der Waals surface area contributed by atoms with Gasteiger partial charge in [0, 0.05) is 12.6 Å². The van der Waals surface area contributed by atoms with Crippen LogP contribution >= 0.6 is 0 Å². The number of piperazine rings is 1. The van der Waals surface area contributed by atoms with Gasteiger partial charge in [-0.1, -0.05) is 13.3 Å². The number of hydrogen-bond donors (Lipinski definition) is 2. The smallest absolute Gasteiger partial charge is 0.351 e. The third-order valence-corrected chi connectivity index (χ3v) is 4.20. The summed E-state index contributed by atoms with van der Waals surface area (Å²) in [6, 6.07) is 2.55. The minimum absolute atomic E-state index is 0.0630. The molecule has 1 aromatic rings. The molecule has 0 atom stereocenters. The van der Waals surface area contributed by atoms with E-state index in [0.717, 1.165) is 44.7 Å². The highest BCUT2D eigenvalue weighted by Crippen LogP contribution is 2.28. The van der Waals surface area contributed by atoms with Crippen LogP contribution in [0.1, 0.15) is 25.3 Å². The first kappa shape index (κ1) is 18.5. The van der Waals surface area contributed by atoms with Gasteiger partial charge in [0.1, 0.15) is 32.4 Å². The van der Waals surface area contributed by atoms with Crippen molar-refractivity contribution in [1.29, 1.82) is 0 Å². The first-order valence-corrected chi connectivity index (χ1v) is 8.34. The Morgan fingerprint density at radius 1 is 1.33 bits per heavy atom. The highest BCUT2D eigenvalue weighted by Gasteiger charge is 2.33. The van der Waals surface area contributed by atoms with Crippen molar-refractivity contribution < 1.29 is 27.8 Å². The van der Waals surface area contributed by atoms with E-state index in [2.05, 4.69) is 17.2 Å². The number of aromatic amines is 1. The number of nitrogens with zero attached hydrogens (tertiary/aromatic N) is 1. The van der Waals surface area contributed by atoms with Gasteiger partial charge in [0.2, 0.25) is 0 Å². The van der Waals surface area contributed by atoms with Gasteiger partial charge in [-0.3, -0.25) is 9.69 Å². The molecule has 0 bridgehead atoms. The van der Waals surface area contributed by atoms with E-state index in [0.29, 0.717) is 25.5 Å². The van der Waals surface area contributed by atoms with Crippen molar-refractivity contribution in [2.24, 2.45) is 0 Å². The van der Waals surface area contributed by atoms with Crippen LogP contribution < -0.4 is 20.1 Å². The molecule has 24 heavy (non-hydrogen) atoms. The minimum Gasteiger partial charge on any atom is -0.351 e. The lowest BCUT2D eigenvalue weighted by atomic mass is 10.2. The van der Waals surface area contributed by atoms with Gasteiger partial charge in [-0.15, -0.1) is 0 Å². The Kier molecular flexibility index (Phi) is 6.42. The summed E-state index contributed by atoms with van der Waals surface area (Å²) >= 11 is 0. The van der Waals surface area contributed by atoms with Crippen molar-refractivity contribution in [1.82, 2.24) is 5.32 Å². The zero-order valence-corrected chi connectivity index (χ0v) is 13.9. The molecule has 1 saturated heterocycles. The number of quaternary nitrogens is 1. The maximum Gasteiger partial charge on any atom is 0.419 e. The summed E-state index contributed by atoms with van der Waals surface area (Å²) in [5, 5.41) is 2.91. The second-order valence-corrected chi connectivity index (χ2v) is 6.08. The molecule has 1 aliphatic rings. The molecule has 0 unspecified atom stereocenters. The van der Waals surface area contributed by atoms with Crippen molar-refractivity contribution in [2.45, 2.75) is 25.9 Å². The van der Waals surface area contributed by atoms with E-state index in [9.17, 15) is 18.0 Å². The number of pyridine rings is 1. The summed E-state index contributed by atoms with van der Waals surface area (Å²) in [6.07, 6.45) is -1.30. The van der Waals surface area contributed by atoms with Crippen LogP contribution in [0.15, 0.2) is 18.3 Å². The van der Waals surface area contributed by atoms with Crippen molar-refractivity contribution in [3.8, 4) is 0 Å². The molecule has 1 fully saturated rings. The normalized spacial score (nSPS) is 16.2. The number of H-pyrrole nitrogens is 1. The lowest BCUT2D eigenvalue weighted by Gasteiger charge is -2.28. The average molecular weight is 346 g/mol. The van der Waals surface area contributed by atoms with Gasteiger partial charge in [-0.25, -0.2) is 4.98 Å². The van der Waals surface area contributed by atoms with E-state index in [1.165, 1.54) is 11.0 Å². The van der Waals surface area contributed by atoms with E-state index in [1.54, 1.807) is 0 Å². The Labute approximate surface area is 139 Å². The quantitative estimate of drug-likeness (QED) is 0.720. The molecule has 0 saturated carbocycles. The molecule has 8 heteroatoms. The van der Waals surface area contributed by atoms with Gasteiger partial charge in [0.05, 0.1) is 5.56 Å². The standard InChI is InChI=1S/C16H23F3N4O/c1-2-3-6-20-15(24)12-22-7-9-23(10-8-22)14-5-4-13(11-21-14)16(17,18)19/h4-5,11H,2-3,6-10,12H2,1H3,(H,20,24)/p+2. The molecule has 0 radical (unpaired) electrons. The van der Waals surface area contributed by atoms with Gasteiger partial charge >= 0.3 is 6.18 Å². The Bertz CT molecular complexity index is 525. The maximum atomic E-state index is 12.6. The largest absolute Gasteiger partial charge is 0.419 e. The maximum absolute atomic E-state index is 12.6. The van der Waals surface area contributed by atoms with Crippen LogP contribution in [-0.4, -0.2) is 45.2 Å². The molecule has 3 N–H and O–H groups in total. The molecule has 5 nitrogen and oxygen atoms in total. The number of carbonyl (C=O) groups excluding carboxylic acids is 1. The molecule has 0 aliphatic carbocycles. The van der Waals surface area contributed by atoms with Crippen LogP contribution in [0.25, 0.3) is 0 Å². The number of carbonyl (C=O) groups is 1. The van der Waals surface area contributed by atoms with Crippen LogP contribution in [0.3, 0.4) is 0 Å². The van der Waals surface area contributed by atoms with E-state index in [1.807, 2.05) is 4.90 Å². The molecule has 134 valence electrons. The van der Waals surface area contributed by atoms with Crippen LogP contribution in [0.4, 0.5) is 19.0 Å². The summed E-state index contributed by atoms with van der Waals surface area (Å²) in [5.74, 6) is 0.738. The Morgan fingerprint density at radius 2 is 2.04 bits per heavy atom. The summed E-state index contributed by atoms with van der Waals surface area (Å²) < 4.78 is 37.7. The Balaban J connectivity index is 1.79. The number of aromatic nitrogens is 1. The summed E-state index contributed by atoms with van der Waals surface area (Å²) in [6.45, 7) is 6.24. The van der Waals surface area contributed by atoms with Crippen molar-refractivity contribution in [3.05, 3.63) is 23.9 Å². The van der Waals surface area contributed by atoms with Crippen LogP contribution in [0, 0.1) is 0 Å². The molecule has 1 aliphatic heterocycles. The number of amides is 1. The van der Waals surface area contributed by atoms with Crippen LogP contribution in [0.2, 0.25) is 0 Å². The lowest BCUT2D eigenvalue weighted by Crippen LogP contribution is -3.16. The molecule has 1 amide bonds. The van der Waals surface area contributed by atoms with Crippen LogP contribution in [-0.2, 0) is 11.0 Å². The van der Waals surface area contributed by atoms with Gasteiger partial charge in [0.25, 0.3) is 11.7 Å². The van der Waals surface area contributed by atoms with E-state index in [-0.39, 0.29) is 5.91 Å². The number of unbranched alkanes of at least 4 members (excludes halogenated alkanes) is 1. The zero-order valence-electron chi connectivity index (χ0n) is 13.9. The Morgan fingerprint density at radius 3 is 2.58 bits per heavy atom. The fraction of sp³-hybridized carbons (Fsp3) is 0.625. The van der Waals surface area contributed by atoms with Gasteiger partial charge < -0.3 is 10.2 Å². The summed E-state index contributed by atoms with van der Waals surface area (Å²) in [7, 11) is 0. The third kappa shape index (κ3) is 5.36. The van der Waals surface area contributed by atoms with E-state index < -0.39 is 11.7 Å². The number of rotatable bonds is 6. The first-order valence-electron chi connectivity index (χ1n) is 8.34. The molecule has 2 rings (SSSR count). The number of alkyl halides is 3. The summed E-state index contributed by atoms with van der Waals surface area (Å²) in [5.41, 5.74) is -0.681. The van der Waals surface area contributed by atoms with Crippen molar-refractivity contribution >= 4 is 11.7 Å².